The number of rotatable bonds is 7. The molecule has 0 aliphatic heterocycles. The molecule has 1 aromatic carbocycles. The normalized spacial score (nSPS) is 12.0. The summed E-state index contributed by atoms with van der Waals surface area (Å²) in [5.74, 6) is 0.712. The molecule has 26 heavy (non-hydrogen) atoms. The van der Waals surface area contributed by atoms with E-state index < -0.39 is 0 Å². The van der Waals surface area contributed by atoms with Gasteiger partial charge in [0.25, 0.3) is 5.91 Å². The average molecular weight is 352 g/mol. The molecule has 1 atom stereocenters. The number of ether oxygens (including phenoxy) is 1. The highest BCUT2D eigenvalue weighted by molar-refractivity contribution is 5.93. The molecule has 0 bridgehead atoms. The molecule has 2 aromatic heterocycles. The number of hydrogen-bond acceptors (Lipinski definition) is 3. The highest BCUT2D eigenvalue weighted by Crippen LogP contribution is 2.17. The Morgan fingerprint density at radius 3 is 2.73 bits per heavy atom. The number of amides is 1. The van der Waals surface area contributed by atoms with Gasteiger partial charge in [-0.15, -0.1) is 0 Å². The van der Waals surface area contributed by atoms with Gasteiger partial charge >= 0.3 is 0 Å². The topological polar surface area (TPSA) is 71.9 Å². The Bertz CT molecular complexity index is 864. The van der Waals surface area contributed by atoms with E-state index in [1.807, 2.05) is 49.0 Å². The first-order valence-electron chi connectivity index (χ1n) is 8.67. The van der Waals surface area contributed by atoms with Crippen LogP contribution in [0.4, 0.5) is 0 Å². The summed E-state index contributed by atoms with van der Waals surface area (Å²) < 4.78 is 7.13. The maximum Gasteiger partial charge on any atom is 0.269 e. The summed E-state index contributed by atoms with van der Waals surface area (Å²) in [4.78, 5) is 12.4. The van der Waals surface area contributed by atoms with Crippen LogP contribution >= 0.6 is 0 Å². The molecule has 6 heteroatoms. The molecule has 2 heterocycles. The smallest absolute Gasteiger partial charge is 0.269 e. The van der Waals surface area contributed by atoms with Gasteiger partial charge in [-0.05, 0) is 55.7 Å². The number of carbonyl (C=O) groups excluding carboxylic acids is 1. The number of hydrogen-bond donors (Lipinski definition) is 2. The molecule has 0 saturated heterocycles. The minimum atomic E-state index is -0.139. The first-order valence-corrected chi connectivity index (χ1v) is 8.67. The Labute approximate surface area is 153 Å². The third kappa shape index (κ3) is 4.14. The second kappa shape index (κ2) is 7.91. The number of carbonyl (C=O) groups is 1. The predicted octanol–water partition coefficient (Wildman–Crippen LogP) is 3.17. The lowest BCUT2D eigenvalue weighted by Crippen LogP contribution is -2.33. The van der Waals surface area contributed by atoms with Crippen molar-refractivity contribution in [3.63, 3.8) is 0 Å². The SMILES string of the molecule is COc1ccc(CCC(C)NC(=O)c2cc(-c3cccn3C)n[nH]2)cc1. The van der Waals surface area contributed by atoms with E-state index in [9.17, 15) is 4.79 Å². The summed E-state index contributed by atoms with van der Waals surface area (Å²) in [6.45, 7) is 2.01. The molecule has 136 valence electrons. The van der Waals surface area contributed by atoms with Crippen molar-refractivity contribution in [1.82, 2.24) is 20.1 Å². The number of nitrogens with one attached hydrogen (secondary N) is 2. The molecule has 1 unspecified atom stereocenters. The van der Waals surface area contributed by atoms with Crippen molar-refractivity contribution in [2.75, 3.05) is 7.11 Å². The lowest BCUT2D eigenvalue weighted by molar-refractivity contribution is 0.0933. The lowest BCUT2D eigenvalue weighted by Gasteiger charge is -2.13. The number of methoxy groups -OCH3 is 1. The van der Waals surface area contributed by atoms with Crippen LogP contribution in [0.3, 0.4) is 0 Å². The van der Waals surface area contributed by atoms with Crippen LogP contribution in [0.25, 0.3) is 11.4 Å². The molecular formula is C20H24N4O2. The predicted molar refractivity (Wildman–Crippen MR) is 101 cm³/mol. The number of nitrogens with zero attached hydrogens (tertiary/aromatic N) is 2. The van der Waals surface area contributed by atoms with Gasteiger partial charge in [-0.1, -0.05) is 12.1 Å². The summed E-state index contributed by atoms with van der Waals surface area (Å²) >= 11 is 0. The molecule has 3 aromatic rings. The lowest BCUT2D eigenvalue weighted by atomic mass is 10.1. The van der Waals surface area contributed by atoms with Gasteiger partial charge in [0, 0.05) is 19.3 Å². The number of benzene rings is 1. The summed E-state index contributed by atoms with van der Waals surface area (Å²) in [5, 5.41) is 10.1. The Morgan fingerprint density at radius 1 is 1.31 bits per heavy atom. The highest BCUT2D eigenvalue weighted by Gasteiger charge is 2.14. The van der Waals surface area contributed by atoms with Crippen LogP contribution in [0, 0.1) is 0 Å². The van der Waals surface area contributed by atoms with Crippen LogP contribution in [0.5, 0.6) is 5.75 Å². The maximum atomic E-state index is 12.4. The minimum Gasteiger partial charge on any atom is -0.497 e. The van der Waals surface area contributed by atoms with E-state index in [4.69, 9.17) is 4.74 Å². The van der Waals surface area contributed by atoms with Gasteiger partial charge < -0.3 is 14.6 Å². The zero-order chi connectivity index (χ0) is 18.5. The van der Waals surface area contributed by atoms with Crippen molar-refractivity contribution in [1.29, 1.82) is 0 Å². The highest BCUT2D eigenvalue weighted by atomic mass is 16.5. The fourth-order valence-corrected chi connectivity index (χ4v) is 2.85. The number of aryl methyl sites for hydroxylation is 2. The van der Waals surface area contributed by atoms with Gasteiger partial charge in [0.2, 0.25) is 0 Å². The molecule has 6 nitrogen and oxygen atoms in total. The van der Waals surface area contributed by atoms with Crippen LogP contribution < -0.4 is 10.1 Å². The van der Waals surface area contributed by atoms with E-state index in [-0.39, 0.29) is 11.9 Å². The van der Waals surface area contributed by atoms with Gasteiger partial charge in [0.1, 0.15) is 17.1 Å². The monoisotopic (exact) mass is 352 g/mol. The molecule has 1 amide bonds. The minimum absolute atomic E-state index is 0.0615. The Balaban J connectivity index is 1.54. The summed E-state index contributed by atoms with van der Waals surface area (Å²) in [6.07, 6.45) is 3.70. The van der Waals surface area contributed by atoms with Crippen molar-refractivity contribution >= 4 is 5.91 Å². The molecule has 0 aliphatic carbocycles. The zero-order valence-electron chi connectivity index (χ0n) is 15.3. The average Bonchev–Trinajstić information content (AvgIpc) is 3.29. The Hall–Kier alpha value is -3.02. The Morgan fingerprint density at radius 2 is 2.08 bits per heavy atom. The molecule has 0 aliphatic rings. The van der Waals surface area contributed by atoms with Crippen molar-refractivity contribution in [2.45, 2.75) is 25.8 Å². The second-order valence-electron chi connectivity index (χ2n) is 6.43. The van der Waals surface area contributed by atoms with Crippen LogP contribution in [0.2, 0.25) is 0 Å². The van der Waals surface area contributed by atoms with Crippen LogP contribution in [0.1, 0.15) is 29.4 Å². The summed E-state index contributed by atoms with van der Waals surface area (Å²) in [5.41, 5.74) is 3.42. The Kier molecular flexibility index (Phi) is 5.41. The van der Waals surface area contributed by atoms with Crippen molar-refractivity contribution < 1.29 is 9.53 Å². The first-order chi connectivity index (χ1) is 12.6. The molecule has 0 radical (unpaired) electrons. The van der Waals surface area contributed by atoms with E-state index >= 15 is 0 Å². The molecule has 0 fully saturated rings. The molecule has 0 saturated carbocycles. The quantitative estimate of drug-likeness (QED) is 0.686. The van der Waals surface area contributed by atoms with Crippen LogP contribution in [0.15, 0.2) is 48.7 Å². The summed E-state index contributed by atoms with van der Waals surface area (Å²) in [6, 6.07) is 13.8. The first kappa shape index (κ1) is 17.8. The van der Waals surface area contributed by atoms with E-state index in [0.717, 1.165) is 30.0 Å². The fraction of sp³-hybridized carbons (Fsp3) is 0.300. The third-order valence-electron chi connectivity index (χ3n) is 4.43. The van der Waals surface area contributed by atoms with Gasteiger partial charge in [0.05, 0.1) is 12.8 Å². The van der Waals surface area contributed by atoms with Crippen LogP contribution in [-0.2, 0) is 13.5 Å². The second-order valence-corrected chi connectivity index (χ2v) is 6.43. The van der Waals surface area contributed by atoms with Gasteiger partial charge in [-0.25, -0.2) is 0 Å². The number of H-pyrrole nitrogens is 1. The summed E-state index contributed by atoms with van der Waals surface area (Å²) in [7, 11) is 3.61. The molecule has 3 rings (SSSR count). The molecule has 0 spiro atoms. The van der Waals surface area contributed by atoms with E-state index in [0.29, 0.717) is 5.69 Å². The molecule has 2 N–H and O–H groups in total. The molecular weight excluding hydrogens is 328 g/mol. The standard InChI is InChI=1S/C20H24N4O2/c1-14(6-7-15-8-10-16(26-3)11-9-15)21-20(25)18-13-17(22-23-18)19-5-4-12-24(19)2/h4-5,8-14H,6-7H2,1-3H3,(H,21,25)(H,22,23). The number of aromatic nitrogens is 3. The third-order valence-corrected chi connectivity index (χ3v) is 4.43. The van der Waals surface area contributed by atoms with Crippen molar-refractivity contribution in [3.05, 3.63) is 59.9 Å². The van der Waals surface area contributed by atoms with Gasteiger partial charge in [-0.3, -0.25) is 9.89 Å². The zero-order valence-corrected chi connectivity index (χ0v) is 15.3. The fourth-order valence-electron chi connectivity index (χ4n) is 2.85. The van der Waals surface area contributed by atoms with E-state index in [1.54, 1.807) is 13.2 Å². The van der Waals surface area contributed by atoms with Crippen molar-refractivity contribution in [2.24, 2.45) is 7.05 Å². The van der Waals surface area contributed by atoms with Gasteiger partial charge in [-0.2, -0.15) is 5.10 Å². The van der Waals surface area contributed by atoms with E-state index in [1.165, 1.54) is 5.56 Å². The largest absolute Gasteiger partial charge is 0.497 e. The van der Waals surface area contributed by atoms with E-state index in [2.05, 4.69) is 27.6 Å². The van der Waals surface area contributed by atoms with Gasteiger partial charge in [0.15, 0.2) is 0 Å². The maximum absolute atomic E-state index is 12.4. The number of aromatic amines is 1. The van der Waals surface area contributed by atoms with Crippen LogP contribution in [-0.4, -0.2) is 33.8 Å². The van der Waals surface area contributed by atoms with Crippen molar-refractivity contribution in [3.8, 4) is 17.1 Å².